The predicted molar refractivity (Wildman–Crippen MR) is 169 cm³/mol. The summed E-state index contributed by atoms with van der Waals surface area (Å²) in [6, 6.07) is 6.32. The molecule has 0 amide bonds. The van der Waals surface area contributed by atoms with Crippen LogP contribution in [-0.2, 0) is 16.5 Å². The Morgan fingerprint density at radius 3 is 1.52 bits per heavy atom. The zero-order chi connectivity index (χ0) is 32.0. The van der Waals surface area contributed by atoms with E-state index in [1.54, 1.807) is 39.8 Å². The number of quaternary nitrogens is 1. The number of nitrogens with zero attached hydrogens (tertiary/aromatic N) is 1. The van der Waals surface area contributed by atoms with E-state index in [9.17, 15) is 33.4 Å². The number of rotatable bonds is 23. The molecule has 5 N–H and O–H groups in total. The fourth-order valence-electron chi connectivity index (χ4n) is 5.08. The topological polar surface area (TPSA) is 146 Å². The number of hydrogen-bond donors (Lipinski definition) is 5. The first-order valence-electron chi connectivity index (χ1n) is 16.1. The number of aryl methyl sites for hydroxylation is 1. The van der Waals surface area contributed by atoms with Crippen LogP contribution in [0.25, 0.3) is 0 Å². The molecule has 0 aliphatic rings. The van der Waals surface area contributed by atoms with Crippen LogP contribution in [-0.4, -0.2) is 102 Å². The lowest BCUT2D eigenvalue weighted by atomic mass is 10.0. The van der Waals surface area contributed by atoms with Crippen molar-refractivity contribution >= 4 is 10.1 Å². The number of hydrogen-bond acceptors (Lipinski definition) is 8. The molecule has 0 aliphatic heterocycles. The number of nitrogens with one attached hydrogen (secondary N) is 1. The highest BCUT2D eigenvalue weighted by molar-refractivity contribution is 7.85. The van der Waals surface area contributed by atoms with Gasteiger partial charge in [0.15, 0.2) is 0 Å². The Bertz CT molecular complexity index is 818. The van der Waals surface area contributed by atoms with E-state index in [4.69, 9.17) is 0 Å². The molecule has 4 unspecified atom stereocenters. The van der Waals surface area contributed by atoms with Crippen LogP contribution in [0, 0.1) is 0 Å². The molecule has 1 rings (SSSR count). The van der Waals surface area contributed by atoms with Gasteiger partial charge in [0.1, 0.15) is 35.4 Å². The van der Waals surface area contributed by atoms with Gasteiger partial charge < -0.3 is 29.9 Å². The van der Waals surface area contributed by atoms with Crippen molar-refractivity contribution in [2.45, 2.75) is 135 Å². The zero-order valence-electron chi connectivity index (χ0n) is 27.0. The third-order valence-electron chi connectivity index (χ3n) is 7.03. The minimum atomic E-state index is -4.31. The van der Waals surface area contributed by atoms with Crippen molar-refractivity contribution in [2.24, 2.45) is 0 Å². The Morgan fingerprint density at radius 2 is 1.14 bits per heavy atom. The lowest BCUT2D eigenvalue weighted by molar-refractivity contribution is -0.905. The van der Waals surface area contributed by atoms with Crippen LogP contribution in [0.3, 0.4) is 0 Å². The van der Waals surface area contributed by atoms with Crippen molar-refractivity contribution in [1.29, 1.82) is 0 Å². The molecule has 1 aromatic carbocycles. The summed E-state index contributed by atoms with van der Waals surface area (Å²) in [6.45, 7) is 12.9. The van der Waals surface area contributed by atoms with Gasteiger partial charge in [-0.25, -0.2) is 8.42 Å². The van der Waals surface area contributed by atoms with Gasteiger partial charge in [0.05, 0.1) is 23.6 Å². The lowest BCUT2D eigenvalue weighted by Crippen LogP contribution is -3.14. The fourth-order valence-corrected chi connectivity index (χ4v) is 5.55. The highest BCUT2D eigenvalue weighted by Gasteiger charge is 2.18. The van der Waals surface area contributed by atoms with Crippen LogP contribution in [0.15, 0.2) is 29.2 Å². The fraction of sp³-hybridized carbons (Fsp3) is 0.812. The summed E-state index contributed by atoms with van der Waals surface area (Å²) in [5, 5.41) is 38.0. The molecule has 0 fully saturated rings. The summed E-state index contributed by atoms with van der Waals surface area (Å²) in [7, 11) is -4.31. The molecule has 9 nitrogen and oxygen atoms in total. The van der Waals surface area contributed by atoms with E-state index >= 15 is 0 Å². The highest BCUT2D eigenvalue weighted by Crippen LogP contribution is 2.14. The Morgan fingerprint density at radius 1 is 0.714 bits per heavy atom. The standard InChI is InChI=1S/C18H30O3S.C14H32N2O4/c1-2-3-4-5-6-7-8-9-10-11-12-17-13-15-18(16-14-17)22(19,20)21;1-11(17)7-15(8-12(2)18)5-6-16(9-13(3)19)10-14(4)20/h13-16H,2-12H2,1H3,(H,19,20,21);11-14,17-20H,5-10H2,1-4H3. The maximum absolute atomic E-state index is 10.8. The molecular weight excluding hydrogens is 556 g/mol. The van der Waals surface area contributed by atoms with Crippen LogP contribution in [0.1, 0.15) is 104 Å². The normalized spacial score (nSPS) is 15.5. The first-order chi connectivity index (χ1) is 19.7. The molecule has 10 heteroatoms. The van der Waals surface area contributed by atoms with E-state index in [1.807, 2.05) is 4.90 Å². The molecule has 1 aromatic rings. The van der Waals surface area contributed by atoms with Crippen molar-refractivity contribution in [3.05, 3.63) is 29.8 Å². The molecule has 0 saturated carbocycles. The number of benzene rings is 1. The Labute approximate surface area is 256 Å². The van der Waals surface area contributed by atoms with Crippen molar-refractivity contribution < 1.29 is 38.3 Å². The van der Waals surface area contributed by atoms with Crippen molar-refractivity contribution in [3.8, 4) is 0 Å². The first-order valence-corrected chi connectivity index (χ1v) is 17.5. The average molecular weight is 619 g/mol. The van der Waals surface area contributed by atoms with E-state index in [0.29, 0.717) is 32.7 Å². The Balaban J connectivity index is 0.000000805. The molecule has 248 valence electrons. The maximum Gasteiger partial charge on any atom is 0.124 e. The predicted octanol–water partition coefficient (Wildman–Crippen LogP) is 2.75. The number of unbranched alkanes of at least 4 members (excludes halogenated alkanes) is 9. The summed E-state index contributed by atoms with van der Waals surface area (Å²) >= 11 is 0. The van der Waals surface area contributed by atoms with Gasteiger partial charge in [0.25, 0.3) is 0 Å². The smallest absolute Gasteiger partial charge is 0.124 e. The van der Waals surface area contributed by atoms with Gasteiger partial charge in [0, 0.05) is 19.6 Å². The quantitative estimate of drug-likeness (QED) is 0.0930. The Kier molecular flexibility index (Phi) is 23.6. The van der Waals surface area contributed by atoms with Crippen molar-refractivity contribution in [1.82, 2.24) is 4.90 Å². The summed E-state index contributed by atoms with van der Waals surface area (Å²) in [5.74, 6) is 0. The highest BCUT2D eigenvalue weighted by atomic mass is 32.2. The first kappa shape index (κ1) is 40.9. The molecule has 42 heavy (non-hydrogen) atoms. The van der Waals surface area contributed by atoms with Gasteiger partial charge in [-0.05, 0) is 58.2 Å². The second kappa shape index (κ2) is 24.2. The van der Waals surface area contributed by atoms with Crippen molar-refractivity contribution in [2.75, 3.05) is 39.3 Å². The minimum absolute atomic E-state index is 0.140. The molecule has 0 heterocycles. The molecule has 4 atom stereocenters. The molecule has 0 saturated heterocycles. The van der Waals surface area contributed by atoms with Crippen molar-refractivity contribution in [3.63, 3.8) is 0 Å². The second-order valence-electron chi connectivity index (χ2n) is 12.1. The van der Waals surface area contributed by atoms with Crippen LogP contribution < -0.4 is 4.90 Å². The average Bonchev–Trinajstić information content (AvgIpc) is 2.87. The summed E-state index contributed by atoms with van der Waals surface area (Å²) in [4.78, 5) is 3.00. The monoisotopic (exact) mass is 618 g/mol. The van der Waals surface area contributed by atoms with E-state index in [1.165, 1.54) is 69.9 Å². The molecule has 0 bridgehead atoms. The molecule has 0 spiro atoms. The van der Waals surface area contributed by atoms with Crippen LogP contribution in [0.2, 0.25) is 0 Å². The van der Waals surface area contributed by atoms with E-state index in [0.717, 1.165) is 29.8 Å². The van der Waals surface area contributed by atoms with Gasteiger partial charge in [-0.2, -0.15) is 0 Å². The largest absolute Gasteiger partial charge is 0.744 e. The van der Waals surface area contributed by atoms with Gasteiger partial charge in [-0.15, -0.1) is 0 Å². The molecule has 0 radical (unpaired) electrons. The van der Waals surface area contributed by atoms with Gasteiger partial charge in [0.2, 0.25) is 0 Å². The number of aliphatic hydroxyl groups is 4. The van der Waals surface area contributed by atoms with Gasteiger partial charge in [-0.3, -0.25) is 4.90 Å². The summed E-state index contributed by atoms with van der Waals surface area (Å²) < 4.78 is 32.5. The van der Waals surface area contributed by atoms with Gasteiger partial charge in [-0.1, -0.05) is 76.8 Å². The van der Waals surface area contributed by atoms with E-state index in [2.05, 4.69) is 6.92 Å². The zero-order valence-corrected chi connectivity index (χ0v) is 27.8. The minimum Gasteiger partial charge on any atom is -0.744 e. The van der Waals surface area contributed by atoms with Crippen LogP contribution >= 0.6 is 0 Å². The van der Waals surface area contributed by atoms with Crippen LogP contribution in [0.5, 0.6) is 0 Å². The second-order valence-corrected chi connectivity index (χ2v) is 13.5. The summed E-state index contributed by atoms with van der Waals surface area (Å²) in [5.41, 5.74) is 1.10. The SMILES string of the molecule is CC(O)CN(CC[NH+](CC(C)O)CC(C)O)CC(C)O.CCCCCCCCCCCCc1ccc(S(=O)(=O)[O-])cc1. The van der Waals surface area contributed by atoms with Gasteiger partial charge >= 0.3 is 0 Å². The van der Waals surface area contributed by atoms with E-state index < -0.39 is 34.5 Å². The number of aliphatic hydroxyl groups excluding tert-OH is 4. The Hall–Kier alpha value is -1.11. The third kappa shape index (κ3) is 24.3. The van der Waals surface area contributed by atoms with E-state index in [-0.39, 0.29) is 4.90 Å². The summed E-state index contributed by atoms with van der Waals surface area (Å²) in [6.07, 6.45) is 12.3. The third-order valence-corrected chi connectivity index (χ3v) is 7.88. The molecule has 0 aromatic heterocycles. The maximum atomic E-state index is 10.8. The molecule has 0 aliphatic carbocycles. The molecular formula is C32H62N2O7S. The van der Waals surface area contributed by atoms with Crippen LogP contribution in [0.4, 0.5) is 0 Å². The lowest BCUT2D eigenvalue weighted by Gasteiger charge is -2.28.